The SMILES string of the molecule is COC(=O)C1(Cn2cc3ccccc3cc2=O)CC1. The van der Waals surface area contributed by atoms with Gasteiger partial charge in [-0.25, -0.2) is 0 Å². The van der Waals surface area contributed by atoms with E-state index in [0.717, 1.165) is 23.6 Å². The third-order valence-electron chi connectivity index (χ3n) is 3.80. The van der Waals surface area contributed by atoms with Gasteiger partial charge in [0.1, 0.15) is 0 Å². The Hall–Kier alpha value is -2.10. The summed E-state index contributed by atoms with van der Waals surface area (Å²) in [6.07, 6.45) is 3.40. The van der Waals surface area contributed by atoms with Gasteiger partial charge in [-0.2, -0.15) is 0 Å². The summed E-state index contributed by atoms with van der Waals surface area (Å²) >= 11 is 0. The number of carbonyl (C=O) groups excluding carboxylic acids is 1. The number of fused-ring (bicyclic) bond motifs is 1. The van der Waals surface area contributed by atoms with Crippen LogP contribution in [0.15, 0.2) is 41.3 Å². The Bertz CT molecular complexity index is 698. The largest absolute Gasteiger partial charge is 0.469 e. The standard InChI is InChI=1S/C15H15NO3/c1-19-14(18)15(6-7-15)10-16-9-12-5-3-2-4-11(12)8-13(16)17/h2-5,8-9H,6-7,10H2,1H3. The Morgan fingerprint density at radius 2 is 2.00 bits per heavy atom. The lowest BCUT2D eigenvalue weighted by Gasteiger charge is -2.14. The quantitative estimate of drug-likeness (QED) is 0.790. The van der Waals surface area contributed by atoms with Gasteiger partial charge in [0.2, 0.25) is 0 Å². The molecule has 4 nitrogen and oxygen atoms in total. The number of nitrogens with zero attached hydrogens (tertiary/aromatic N) is 1. The van der Waals surface area contributed by atoms with Crippen molar-refractivity contribution in [3.05, 3.63) is 46.9 Å². The second-order valence-corrected chi connectivity index (χ2v) is 5.14. The van der Waals surface area contributed by atoms with Crippen LogP contribution in [-0.4, -0.2) is 17.6 Å². The molecule has 0 N–H and O–H groups in total. The molecule has 1 fully saturated rings. The lowest BCUT2D eigenvalue weighted by Crippen LogP contribution is -2.29. The summed E-state index contributed by atoms with van der Waals surface area (Å²) in [6.45, 7) is 0.406. The van der Waals surface area contributed by atoms with Crippen molar-refractivity contribution in [1.82, 2.24) is 4.57 Å². The first-order chi connectivity index (χ1) is 9.14. The van der Waals surface area contributed by atoms with Crippen molar-refractivity contribution in [3.8, 4) is 0 Å². The molecule has 1 aliphatic carbocycles. The molecule has 4 heteroatoms. The maximum atomic E-state index is 12.1. The predicted octanol–water partition coefficient (Wildman–Crippen LogP) is 1.95. The van der Waals surface area contributed by atoms with Crippen LogP contribution in [0.25, 0.3) is 10.8 Å². The van der Waals surface area contributed by atoms with Crippen LogP contribution in [-0.2, 0) is 16.1 Å². The van der Waals surface area contributed by atoms with Gasteiger partial charge in [0, 0.05) is 18.8 Å². The van der Waals surface area contributed by atoms with E-state index in [4.69, 9.17) is 4.74 Å². The van der Waals surface area contributed by atoms with Crippen LogP contribution in [0.5, 0.6) is 0 Å². The average Bonchev–Trinajstić information content (AvgIpc) is 3.19. The summed E-state index contributed by atoms with van der Waals surface area (Å²) in [5.74, 6) is -0.215. The van der Waals surface area contributed by atoms with Gasteiger partial charge in [-0.05, 0) is 23.6 Å². The summed E-state index contributed by atoms with van der Waals surface area (Å²) in [7, 11) is 1.39. The van der Waals surface area contributed by atoms with Gasteiger partial charge in [0.25, 0.3) is 5.56 Å². The highest BCUT2D eigenvalue weighted by Gasteiger charge is 2.51. The van der Waals surface area contributed by atoms with Gasteiger partial charge < -0.3 is 9.30 Å². The predicted molar refractivity (Wildman–Crippen MR) is 71.9 cm³/mol. The zero-order chi connectivity index (χ0) is 13.5. The maximum absolute atomic E-state index is 12.1. The van der Waals surface area contributed by atoms with Crippen LogP contribution < -0.4 is 5.56 Å². The monoisotopic (exact) mass is 257 g/mol. The molecule has 19 heavy (non-hydrogen) atoms. The Kier molecular flexibility index (Phi) is 2.66. The Morgan fingerprint density at radius 1 is 1.32 bits per heavy atom. The molecular formula is C15H15NO3. The van der Waals surface area contributed by atoms with E-state index in [1.807, 2.05) is 30.5 Å². The number of hydrogen-bond acceptors (Lipinski definition) is 3. The van der Waals surface area contributed by atoms with Crippen LogP contribution >= 0.6 is 0 Å². The van der Waals surface area contributed by atoms with E-state index in [1.54, 1.807) is 10.6 Å². The Morgan fingerprint density at radius 3 is 2.63 bits per heavy atom. The van der Waals surface area contributed by atoms with Gasteiger partial charge in [0.15, 0.2) is 0 Å². The first-order valence-corrected chi connectivity index (χ1v) is 6.32. The highest BCUT2D eigenvalue weighted by molar-refractivity contribution is 5.82. The highest BCUT2D eigenvalue weighted by Crippen LogP contribution is 2.47. The molecule has 1 heterocycles. The van der Waals surface area contributed by atoms with Crippen molar-refractivity contribution in [2.24, 2.45) is 5.41 Å². The molecule has 0 saturated heterocycles. The van der Waals surface area contributed by atoms with E-state index in [2.05, 4.69) is 0 Å². The fourth-order valence-electron chi connectivity index (χ4n) is 2.45. The number of aromatic nitrogens is 1. The van der Waals surface area contributed by atoms with Crippen molar-refractivity contribution in [2.75, 3.05) is 7.11 Å². The van der Waals surface area contributed by atoms with Crippen molar-refractivity contribution in [2.45, 2.75) is 19.4 Å². The maximum Gasteiger partial charge on any atom is 0.313 e. The zero-order valence-electron chi connectivity index (χ0n) is 10.8. The van der Waals surface area contributed by atoms with Gasteiger partial charge in [-0.1, -0.05) is 24.3 Å². The number of methoxy groups -OCH3 is 1. The van der Waals surface area contributed by atoms with Crippen molar-refractivity contribution < 1.29 is 9.53 Å². The number of carbonyl (C=O) groups is 1. The van der Waals surface area contributed by atoms with Crippen LogP contribution in [0.2, 0.25) is 0 Å². The van der Waals surface area contributed by atoms with Gasteiger partial charge >= 0.3 is 5.97 Å². The number of benzene rings is 1. The summed E-state index contributed by atoms with van der Waals surface area (Å²) < 4.78 is 6.44. The van der Waals surface area contributed by atoms with Crippen LogP contribution in [0.1, 0.15) is 12.8 Å². The van der Waals surface area contributed by atoms with Crippen LogP contribution in [0, 0.1) is 5.41 Å². The van der Waals surface area contributed by atoms with E-state index in [-0.39, 0.29) is 11.5 Å². The molecule has 1 aliphatic rings. The molecule has 3 rings (SSSR count). The highest BCUT2D eigenvalue weighted by atomic mass is 16.5. The molecule has 0 aliphatic heterocycles. The number of rotatable bonds is 3. The summed E-state index contributed by atoms with van der Waals surface area (Å²) in [5.41, 5.74) is -0.560. The van der Waals surface area contributed by atoms with Crippen molar-refractivity contribution in [3.63, 3.8) is 0 Å². The summed E-state index contributed by atoms with van der Waals surface area (Å²) in [5, 5.41) is 1.93. The van der Waals surface area contributed by atoms with E-state index < -0.39 is 5.41 Å². The van der Waals surface area contributed by atoms with Crippen molar-refractivity contribution in [1.29, 1.82) is 0 Å². The lowest BCUT2D eigenvalue weighted by molar-refractivity contribution is -0.147. The minimum atomic E-state index is -0.485. The number of ether oxygens (including phenoxy) is 1. The van der Waals surface area contributed by atoms with Crippen LogP contribution in [0.4, 0.5) is 0 Å². The van der Waals surface area contributed by atoms with Gasteiger partial charge in [-0.3, -0.25) is 9.59 Å². The number of hydrogen-bond donors (Lipinski definition) is 0. The second-order valence-electron chi connectivity index (χ2n) is 5.14. The molecule has 0 radical (unpaired) electrons. The minimum absolute atomic E-state index is 0.0751. The minimum Gasteiger partial charge on any atom is -0.469 e. The van der Waals surface area contributed by atoms with Crippen molar-refractivity contribution >= 4 is 16.7 Å². The first kappa shape index (κ1) is 12.0. The molecule has 0 atom stereocenters. The van der Waals surface area contributed by atoms with Gasteiger partial charge in [-0.15, -0.1) is 0 Å². The fraction of sp³-hybridized carbons (Fsp3) is 0.333. The molecule has 98 valence electrons. The average molecular weight is 257 g/mol. The zero-order valence-corrected chi connectivity index (χ0v) is 10.8. The smallest absolute Gasteiger partial charge is 0.313 e. The third-order valence-corrected chi connectivity index (χ3v) is 3.80. The molecule has 0 unspecified atom stereocenters. The third kappa shape index (κ3) is 2.03. The molecule has 2 aromatic rings. The Balaban J connectivity index is 2.00. The fourth-order valence-corrected chi connectivity index (χ4v) is 2.45. The summed E-state index contributed by atoms with van der Waals surface area (Å²) in [4.78, 5) is 23.8. The van der Waals surface area contributed by atoms with Gasteiger partial charge in [0.05, 0.1) is 12.5 Å². The van der Waals surface area contributed by atoms with E-state index in [1.165, 1.54) is 7.11 Å². The summed E-state index contributed by atoms with van der Waals surface area (Å²) in [6, 6.07) is 9.33. The van der Waals surface area contributed by atoms with E-state index in [0.29, 0.717) is 6.54 Å². The molecule has 0 bridgehead atoms. The molecule has 0 amide bonds. The topological polar surface area (TPSA) is 48.3 Å². The number of esters is 1. The molecule has 1 aromatic heterocycles. The molecular weight excluding hydrogens is 242 g/mol. The lowest BCUT2D eigenvalue weighted by atomic mass is 10.1. The normalized spacial score (nSPS) is 16.3. The first-order valence-electron chi connectivity index (χ1n) is 6.32. The van der Waals surface area contributed by atoms with E-state index >= 15 is 0 Å². The van der Waals surface area contributed by atoms with Crippen LogP contribution in [0.3, 0.4) is 0 Å². The second kappa shape index (κ2) is 4.23. The number of pyridine rings is 1. The Labute approximate surface area is 110 Å². The van der Waals surface area contributed by atoms with E-state index in [9.17, 15) is 9.59 Å². The molecule has 1 aromatic carbocycles. The molecule has 1 saturated carbocycles. The molecule has 0 spiro atoms.